The molecule has 0 saturated carbocycles. The van der Waals surface area contributed by atoms with Gasteiger partial charge in [-0.2, -0.15) is 0 Å². The Morgan fingerprint density at radius 1 is 0.293 bits per heavy atom. The van der Waals surface area contributed by atoms with Crippen molar-refractivity contribution in [2.24, 2.45) is 0 Å². The normalized spacial score (nSPS) is 11.7. The van der Waals surface area contributed by atoms with Gasteiger partial charge in [0.15, 0.2) is 40.5 Å². The van der Waals surface area contributed by atoms with E-state index >= 15 is 0 Å². The Labute approximate surface area is 429 Å². The summed E-state index contributed by atoms with van der Waals surface area (Å²) < 4.78 is 11.9. The number of benzene rings is 10. The lowest BCUT2D eigenvalue weighted by atomic mass is 10.0. The van der Waals surface area contributed by atoms with Gasteiger partial charge in [-0.05, 0) is 48.5 Å². The second kappa shape index (κ2) is 17.1. The number of para-hydroxylation sites is 4. The predicted octanol–water partition coefficient (Wildman–Crippen LogP) is 16.2. The van der Waals surface area contributed by atoms with Gasteiger partial charge in [0.25, 0.3) is 0 Å². The molecule has 5 heterocycles. The van der Waals surface area contributed by atoms with Crippen LogP contribution in [-0.2, 0) is 0 Å². The molecule has 5 aromatic heterocycles. The predicted molar refractivity (Wildman–Crippen MR) is 302 cm³/mol. The van der Waals surface area contributed by atoms with Crippen molar-refractivity contribution in [2.75, 3.05) is 0 Å². The van der Waals surface area contributed by atoms with Gasteiger partial charge < -0.3 is 13.6 Å². The summed E-state index contributed by atoms with van der Waals surface area (Å²) in [6, 6.07) is 83.1. The molecule has 0 saturated heterocycles. The second-order valence-electron chi connectivity index (χ2n) is 18.6. The third kappa shape index (κ3) is 6.86. The van der Waals surface area contributed by atoms with Gasteiger partial charge in [0.05, 0.1) is 33.1 Å². The molecule has 350 valence electrons. The molecule has 0 aliphatic carbocycles. The minimum Gasteiger partial charge on any atom is -0.454 e. The summed E-state index contributed by atoms with van der Waals surface area (Å²) in [6.45, 7) is 0. The third-order valence-corrected chi connectivity index (χ3v) is 14.2. The van der Waals surface area contributed by atoms with Crippen molar-refractivity contribution < 1.29 is 4.42 Å². The van der Waals surface area contributed by atoms with Gasteiger partial charge in [-0.1, -0.05) is 194 Å². The fourth-order valence-corrected chi connectivity index (χ4v) is 10.9. The van der Waals surface area contributed by atoms with Crippen LogP contribution in [0.3, 0.4) is 0 Å². The molecule has 10 aromatic carbocycles. The van der Waals surface area contributed by atoms with Crippen molar-refractivity contribution in [2.45, 2.75) is 0 Å². The van der Waals surface area contributed by atoms with E-state index < -0.39 is 0 Å². The Balaban J connectivity index is 1.10. The van der Waals surface area contributed by atoms with Crippen LogP contribution in [0.1, 0.15) is 0 Å². The van der Waals surface area contributed by atoms with Crippen molar-refractivity contribution in [3.05, 3.63) is 243 Å². The molecule has 9 heteroatoms. The van der Waals surface area contributed by atoms with Crippen molar-refractivity contribution in [1.82, 2.24) is 39.0 Å². The Hall–Kier alpha value is -10.4. The molecule has 0 fully saturated rings. The van der Waals surface area contributed by atoms with E-state index in [1.807, 2.05) is 127 Å². The number of furan rings is 1. The minimum absolute atomic E-state index is 0.487. The summed E-state index contributed by atoms with van der Waals surface area (Å²) in [5.41, 5.74) is 12.6. The van der Waals surface area contributed by atoms with E-state index in [0.29, 0.717) is 34.9 Å². The molecule has 0 atom stereocenters. The van der Waals surface area contributed by atoms with Crippen LogP contribution in [0.15, 0.2) is 247 Å². The van der Waals surface area contributed by atoms with Crippen molar-refractivity contribution >= 4 is 65.6 Å². The monoisotopic (exact) mass is 960 g/mol. The number of nitrogens with zero attached hydrogens (tertiary/aromatic N) is 8. The van der Waals surface area contributed by atoms with Crippen LogP contribution < -0.4 is 0 Å². The van der Waals surface area contributed by atoms with E-state index in [9.17, 15) is 0 Å². The standard InChI is InChI=1S/C66H40N8O/c1-6-22-41(23-7-1)61-67-62(42-24-8-2-9-25-42)70-65(69-61)45-38-39-53(50(40-45)66-71-63(43-26-10-3-11-27-43)68-64(72-66)44-28-12-4-13-29-44)74-52-36-20-17-33-48(52)55-56-47-32-16-19-35-51(47)73(46-30-14-5-15-31-46)59(56)60-57(58(55)74)49-34-18-21-37-54(49)75-60/h1-40H. The van der Waals surface area contributed by atoms with Crippen LogP contribution in [0.2, 0.25) is 0 Å². The minimum atomic E-state index is 0.487. The molecule has 0 spiro atoms. The van der Waals surface area contributed by atoms with Gasteiger partial charge in [0, 0.05) is 66.0 Å². The smallest absolute Gasteiger partial charge is 0.166 e. The van der Waals surface area contributed by atoms with Crippen molar-refractivity contribution in [3.8, 4) is 79.7 Å². The van der Waals surface area contributed by atoms with Crippen LogP contribution in [-0.4, -0.2) is 39.0 Å². The highest BCUT2D eigenvalue weighted by molar-refractivity contribution is 6.39. The highest BCUT2D eigenvalue weighted by Gasteiger charge is 2.29. The number of hydrogen-bond donors (Lipinski definition) is 0. The molecule has 0 radical (unpaired) electrons. The topological polar surface area (TPSA) is 100 Å². The van der Waals surface area contributed by atoms with E-state index in [2.05, 4.69) is 124 Å². The molecule has 0 aliphatic rings. The van der Waals surface area contributed by atoms with Gasteiger partial charge in [-0.15, -0.1) is 0 Å². The Morgan fingerprint density at radius 3 is 1.21 bits per heavy atom. The Bertz CT molecular complexity index is 4570. The molecule has 75 heavy (non-hydrogen) atoms. The zero-order valence-corrected chi connectivity index (χ0v) is 40.1. The molecule has 0 aliphatic heterocycles. The zero-order chi connectivity index (χ0) is 49.4. The average Bonchev–Trinajstić information content (AvgIpc) is 4.34. The van der Waals surface area contributed by atoms with Gasteiger partial charge in [-0.25, -0.2) is 29.9 Å². The lowest BCUT2D eigenvalue weighted by Gasteiger charge is -2.17. The van der Waals surface area contributed by atoms with E-state index in [1.54, 1.807) is 0 Å². The van der Waals surface area contributed by atoms with E-state index in [0.717, 1.165) is 110 Å². The average molecular weight is 961 g/mol. The van der Waals surface area contributed by atoms with Crippen LogP contribution in [0, 0.1) is 0 Å². The second-order valence-corrected chi connectivity index (χ2v) is 18.6. The van der Waals surface area contributed by atoms with Gasteiger partial charge in [-0.3, -0.25) is 0 Å². The SMILES string of the molecule is c1ccc(-c2nc(-c3ccccc3)nc(-c3ccc(-n4c5ccccc5c5c6c7ccccc7n(-c7ccccc7)c6c6oc7ccccc7c6c54)c(-c4nc(-c5ccccc5)nc(-c5ccccc5)n4)c3)n2)cc1. The molecule has 15 aromatic rings. The van der Waals surface area contributed by atoms with E-state index in [-0.39, 0.29) is 0 Å². The summed E-state index contributed by atoms with van der Waals surface area (Å²) in [5.74, 6) is 3.24. The molecule has 0 bridgehead atoms. The Kier molecular flexibility index (Phi) is 9.67. The fraction of sp³-hybridized carbons (Fsp3) is 0. The van der Waals surface area contributed by atoms with Gasteiger partial charge >= 0.3 is 0 Å². The molecule has 0 unspecified atom stereocenters. The molecule has 9 nitrogen and oxygen atoms in total. The highest BCUT2D eigenvalue weighted by Crippen LogP contribution is 2.50. The van der Waals surface area contributed by atoms with Crippen LogP contribution in [0.4, 0.5) is 0 Å². The van der Waals surface area contributed by atoms with Crippen LogP contribution in [0.25, 0.3) is 145 Å². The zero-order valence-electron chi connectivity index (χ0n) is 40.1. The summed E-state index contributed by atoms with van der Waals surface area (Å²) >= 11 is 0. The van der Waals surface area contributed by atoms with Gasteiger partial charge in [0.2, 0.25) is 0 Å². The largest absolute Gasteiger partial charge is 0.454 e. The highest BCUT2D eigenvalue weighted by atomic mass is 16.3. The number of hydrogen-bond acceptors (Lipinski definition) is 7. The molecular weight excluding hydrogens is 921 g/mol. The quantitative estimate of drug-likeness (QED) is 0.149. The van der Waals surface area contributed by atoms with Crippen LogP contribution in [0.5, 0.6) is 0 Å². The summed E-state index contributed by atoms with van der Waals surface area (Å²) in [4.78, 5) is 31.5. The number of aromatic nitrogens is 8. The lowest BCUT2D eigenvalue weighted by Crippen LogP contribution is -2.05. The molecular formula is C66H40N8O. The van der Waals surface area contributed by atoms with Crippen molar-refractivity contribution in [3.63, 3.8) is 0 Å². The summed E-state index contributed by atoms with van der Waals surface area (Å²) in [7, 11) is 0. The maximum atomic E-state index is 7.18. The van der Waals surface area contributed by atoms with Crippen molar-refractivity contribution in [1.29, 1.82) is 0 Å². The lowest BCUT2D eigenvalue weighted by molar-refractivity contribution is 0.671. The first-order valence-electron chi connectivity index (χ1n) is 25.0. The van der Waals surface area contributed by atoms with E-state index in [4.69, 9.17) is 34.3 Å². The maximum Gasteiger partial charge on any atom is 0.166 e. The van der Waals surface area contributed by atoms with Gasteiger partial charge in [0.1, 0.15) is 5.58 Å². The maximum absolute atomic E-state index is 7.18. The fourth-order valence-electron chi connectivity index (χ4n) is 10.9. The first kappa shape index (κ1) is 42.3. The molecule has 0 amide bonds. The summed E-state index contributed by atoms with van der Waals surface area (Å²) in [6.07, 6.45) is 0. The van der Waals surface area contributed by atoms with Crippen LogP contribution >= 0.6 is 0 Å². The third-order valence-electron chi connectivity index (χ3n) is 14.2. The Morgan fingerprint density at radius 2 is 0.693 bits per heavy atom. The first-order chi connectivity index (χ1) is 37.2. The molecule has 0 N–H and O–H groups in total. The van der Waals surface area contributed by atoms with E-state index in [1.165, 1.54) is 0 Å². The number of fused-ring (bicyclic) bond motifs is 12. The summed E-state index contributed by atoms with van der Waals surface area (Å²) in [5, 5.41) is 6.45. The number of rotatable bonds is 8. The molecule has 15 rings (SSSR count). The first-order valence-corrected chi connectivity index (χ1v) is 25.0.